The van der Waals surface area contributed by atoms with Crippen molar-refractivity contribution in [2.75, 3.05) is 19.8 Å². The fraction of sp³-hybridized carbons (Fsp3) is 0.250. The molecular formula is C32H28O3. The Morgan fingerprint density at radius 3 is 1.77 bits per heavy atom. The number of aryl methyl sites for hydroxylation is 1. The number of rotatable bonds is 8. The molecule has 4 aromatic carbocycles. The Balaban J connectivity index is 1.35. The molecule has 174 valence electrons. The summed E-state index contributed by atoms with van der Waals surface area (Å²) in [5, 5.41) is 0. The van der Waals surface area contributed by atoms with Crippen molar-refractivity contribution < 1.29 is 14.2 Å². The minimum Gasteiger partial charge on any atom is -0.491 e. The van der Waals surface area contributed by atoms with Gasteiger partial charge in [-0.2, -0.15) is 0 Å². The molecule has 2 saturated heterocycles. The Kier molecular flexibility index (Phi) is 5.00. The summed E-state index contributed by atoms with van der Waals surface area (Å²) in [6.45, 7) is 2.34. The molecule has 35 heavy (non-hydrogen) atoms. The van der Waals surface area contributed by atoms with E-state index >= 15 is 0 Å². The zero-order valence-corrected chi connectivity index (χ0v) is 19.7. The van der Waals surface area contributed by atoms with Crippen LogP contribution in [0.3, 0.4) is 0 Å². The maximum Gasteiger partial charge on any atom is 0.119 e. The van der Waals surface area contributed by atoms with Crippen LogP contribution in [0.25, 0.3) is 11.1 Å². The van der Waals surface area contributed by atoms with Gasteiger partial charge in [-0.1, -0.05) is 84.9 Å². The van der Waals surface area contributed by atoms with Gasteiger partial charge in [-0.05, 0) is 63.9 Å². The lowest BCUT2D eigenvalue weighted by Gasteiger charge is -2.34. The van der Waals surface area contributed by atoms with Crippen molar-refractivity contribution in [2.45, 2.75) is 30.5 Å². The van der Waals surface area contributed by atoms with Crippen molar-refractivity contribution >= 4 is 0 Å². The molecule has 1 aliphatic carbocycles. The molecule has 0 radical (unpaired) electrons. The number of epoxide rings is 2. The molecule has 0 amide bonds. The first-order chi connectivity index (χ1) is 17.3. The Bertz CT molecular complexity index is 1240. The fourth-order valence-corrected chi connectivity index (χ4v) is 5.66. The van der Waals surface area contributed by atoms with E-state index in [1.807, 2.05) is 0 Å². The van der Waals surface area contributed by atoms with Gasteiger partial charge in [0.1, 0.15) is 18.5 Å². The third-order valence-electron chi connectivity index (χ3n) is 7.62. The molecular weight excluding hydrogens is 432 g/mol. The van der Waals surface area contributed by atoms with Crippen LogP contribution in [0.4, 0.5) is 0 Å². The lowest BCUT2D eigenvalue weighted by atomic mass is 9.67. The summed E-state index contributed by atoms with van der Waals surface area (Å²) in [5.41, 5.74) is 8.83. The van der Waals surface area contributed by atoms with Crippen LogP contribution in [0.2, 0.25) is 0 Å². The summed E-state index contributed by atoms with van der Waals surface area (Å²) in [7, 11) is 0. The molecule has 3 aliphatic rings. The minimum atomic E-state index is -0.372. The molecule has 2 heterocycles. The van der Waals surface area contributed by atoms with Gasteiger partial charge in [-0.15, -0.1) is 0 Å². The van der Waals surface area contributed by atoms with Gasteiger partial charge < -0.3 is 14.2 Å². The van der Waals surface area contributed by atoms with Crippen molar-refractivity contribution in [1.29, 1.82) is 0 Å². The van der Waals surface area contributed by atoms with Gasteiger partial charge in [-0.25, -0.2) is 0 Å². The van der Waals surface area contributed by atoms with Gasteiger partial charge in [0.05, 0.1) is 24.7 Å². The smallest absolute Gasteiger partial charge is 0.119 e. The SMILES string of the molecule is c1ccc2c(c1)-c1ccccc1C2(c1ccc(CCC2CO2)cc1)c1ccc(OCC2CO2)cc1. The van der Waals surface area contributed by atoms with Crippen LogP contribution in [0.15, 0.2) is 97.1 Å². The Hall–Kier alpha value is -3.40. The molecule has 2 aliphatic heterocycles. The van der Waals surface area contributed by atoms with Crippen LogP contribution in [0.1, 0.15) is 34.2 Å². The highest BCUT2D eigenvalue weighted by Crippen LogP contribution is 2.56. The predicted octanol–water partition coefficient (Wildman–Crippen LogP) is 6.16. The first-order valence-electron chi connectivity index (χ1n) is 12.6. The zero-order valence-electron chi connectivity index (χ0n) is 19.7. The predicted molar refractivity (Wildman–Crippen MR) is 137 cm³/mol. The van der Waals surface area contributed by atoms with Gasteiger partial charge in [0.15, 0.2) is 0 Å². The highest BCUT2D eigenvalue weighted by atomic mass is 16.6. The molecule has 0 saturated carbocycles. The molecule has 0 aromatic heterocycles. The molecule has 3 heteroatoms. The summed E-state index contributed by atoms with van der Waals surface area (Å²) in [6.07, 6.45) is 2.87. The first-order valence-corrected chi connectivity index (χ1v) is 12.6. The normalized spacial score (nSPS) is 20.7. The van der Waals surface area contributed by atoms with Crippen molar-refractivity contribution in [3.8, 4) is 16.9 Å². The lowest BCUT2D eigenvalue weighted by Crippen LogP contribution is -2.28. The summed E-state index contributed by atoms with van der Waals surface area (Å²) in [6, 6.07) is 35.7. The number of fused-ring (bicyclic) bond motifs is 3. The summed E-state index contributed by atoms with van der Waals surface area (Å²) in [4.78, 5) is 0. The molecule has 3 nitrogen and oxygen atoms in total. The summed E-state index contributed by atoms with van der Waals surface area (Å²) >= 11 is 0. The largest absolute Gasteiger partial charge is 0.491 e. The second-order valence-corrected chi connectivity index (χ2v) is 9.82. The van der Waals surface area contributed by atoms with E-state index in [9.17, 15) is 0 Å². The van der Waals surface area contributed by atoms with Crippen LogP contribution in [-0.4, -0.2) is 32.0 Å². The highest BCUT2D eigenvalue weighted by molar-refractivity contribution is 5.86. The Labute approximate surface area is 206 Å². The van der Waals surface area contributed by atoms with E-state index in [1.165, 1.54) is 38.9 Å². The van der Waals surface area contributed by atoms with E-state index in [2.05, 4.69) is 97.1 Å². The fourth-order valence-electron chi connectivity index (χ4n) is 5.66. The average molecular weight is 461 g/mol. The topological polar surface area (TPSA) is 34.3 Å². The molecule has 0 N–H and O–H groups in total. The van der Waals surface area contributed by atoms with Crippen molar-refractivity contribution in [3.05, 3.63) is 125 Å². The summed E-state index contributed by atoms with van der Waals surface area (Å²) in [5.74, 6) is 0.886. The standard InChI is InChI=1S/C32H28O3/c1-3-7-30-28(5-1)29-6-2-4-8-31(29)32(30,23-12-9-22(10-13-23)11-16-26-19-34-26)24-14-17-25(18-15-24)33-20-27-21-35-27/h1-10,12-15,17-18,26-27H,11,16,19-21H2. The molecule has 0 bridgehead atoms. The minimum absolute atomic E-state index is 0.250. The van der Waals surface area contributed by atoms with Crippen molar-refractivity contribution in [1.82, 2.24) is 0 Å². The van der Waals surface area contributed by atoms with Crippen LogP contribution in [-0.2, 0) is 21.3 Å². The van der Waals surface area contributed by atoms with Crippen LogP contribution < -0.4 is 4.74 Å². The molecule has 0 spiro atoms. The summed E-state index contributed by atoms with van der Waals surface area (Å²) < 4.78 is 16.7. The van der Waals surface area contributed by atoms with E-state index in [0.717, 1.165) is 31.8 Å². The van der Waals surface area contributed by atoms with Crippen LogP contribution >= 0.6 is 0 Å². The third kappa shape index (κ3) is 3.67. The lowest BCUT2D eigenvalue weighted by molar-refractivity contribution is 0.263. The van der Waals surface area contributed by atoms with Crippen molar-refractivity contribution in [3.63, 3.8) is 0 Å². The maximum atomic E-state index is 5.96. The number of benzene rings is 4. The first kappa shape index (κ1) is 20.9. The maximum absolute atomic E-state index is 5.96. The molecule has 2 unspecified atom stereocenters. The monoisotopic (exact) mass is 460 g/mol. The van der Waals surface area contributed by atoms with E-state index in [1.54, 1.807) is 0 Å². The van der Waals surface area contributed by atoms with Crippen LogP contribution in [0, 0.1) is 0 Å². The Morgan fingerprint density at radius 2 is 1.20 bits per heavy atom. The van der Waals surface area contributed by atoms with E-state index in [-0.39, 0.29) is 11.5 Å². The van der Waals surface area contributed by atoms with Crippen molar-refractivity contribution in [2.24, 2.45) is 0 Å². The van der Waals surface area contributed by atoms with Gasteiger partial charge in [0.2, 0.25) is 0 Å². The quantitative estimate of drug-likeness (QED) is 0.260. The molecule has 2 fully saturated rings. The second-order valence-electron chi connectivity index (χ2n) is 9.82. The third-order valence-corrected chi connectivity index (χ3v) is 7.62. The number of ether oxygens (including phenoxy) is 3. The van der Waals surface area contributed by atoms with Gasteiger partial charge in [0, 0.05) is 0 Å². The average Bonchev–Trinajstić information content (AvgIpc) is 3.85. The second kappa shape index (κ2) is 8.37. The van der Waals surface area contributed by atoms with Gasteiger partial charge in [-0.3, -0.25) is 0 Å². The zero-order chi connectivity index (χ0) is 23.2. The van der Waals surface area contributed by atoms with Gasteiger partial charge in [0.25, 0.3) is 0 Å². The molecule has 2 atom stereocenters. The number of hydrogen-bond donors (Lipinski definition) is 0. The molecule has 4 aromatic rings. The van der Waals surface area contributed by atoms with E-state index < -0.39 is 0 Å². The highest BCUT2D eigenvalue weighted by Gasteiger charge is 2.45. The van der Waals surface area contributed by atoms with Gasteiger partial charge >= 0.3 is 0 Å². The molecule has 7 rings (SSSR count). The Morgan fingerprint density at radius 1 is 0.657 bits per heavy atom. The van der Waals surface area contributed by atoms with E-state index in [0.29, 0.717) is 12.7 Å². The number of hydrogen-bond acceptors (Lipinski definition) is 3. The van der Waals surface area contributed by atoms with Crippen LogP contribution in [0.5, 0.6) is 5.75 Å². The van der Waals surface area contributed by atoms with E-state index in [4.69, 9.17) is 14.2 Å².